The number of rotatable bonds is 2. The van der Waals surface area contributed by atoms with Crippen LogP contribution in [0.25, 0.3) is 0 Å². The molecular weight excluding hydrogens is 148 g/mol. The summed E-state index contributed by atoms with van der Waals surface area (Å²) in [5, 5.41) is 17.6. The normalized spacial score (nSPS) is 27.8. The van der Waals surface area contributed by atoms with E-state index in [0.717, 1.165) is 6.42 Å². The summed E-state index contributed by atoms with van der Waals surface area (Å²) in [7, 11) is 0. The van der Waals surface area contributed by atoms with E-state index in [1.54, 1.807) is 0 Å². The first-order valence-corrected chi connectivity index (χ1v) is 3.72. The van der Waals surface area contributed by atoms with Crippen LogP contribution in [0.5, 0.6) is 0 Å². The molecule has 4 nitrogen and oxygen atoms in total. The van der Waals surface area contributed by atoms with E-state index in [0.29, 0.717) is 12.8 Å². The van der Waals surface area contributed by atoms with Crippen LogP contribution in [0.2, 0.25) is 0 Å². The largest absolute Gasteiger partial charge is 0.460 e. The van der Waals surface area contributed by atoms with Gasteiger partial charge in [0, 0.05) is 6.42 Å². The molecule has 1 heterocycles. The second-order valence-electron chi connectivity index (χ2n) is 2.67. The van der Waals surface area contributed by atoms with Crippen molar-refractivity contribution in [2.24, 2.45) is 0 Å². The van der Waals surface area contributed by atoms with Crippen molar-refractivity contribution in [2.75, 3.05) is 6.61 Å². The molecule has 64 valence electrons. The standard InChI is InChI=1S/C7H12O4/c8-4-5(9)6-2-1-3-7(10)11-6/h5-6,8-9H,1-4H2/t5-,6+/m1/s1. The molecule has 0 bridgehead atoms. The minimum absolute atomic E-state index is 0.284. The molecule has 0 saturated carbocycles. The van der Waals surface area contributed by atoms with Crippen molar-refractivity contribution in [3.8, 4) is 0 Å². The zero-order valence-electron chi connectivity index (χ0n) is 6.19. The van der Waals surface area contributed by atoms with Gasteiger partial charge in [0.2, 0.25) is 0 Å². The van der Waals surface area contributed by atoms with E-state index in [1.807, 2.05) is 0 Å². The molecule has 0 aromatic heterocycles. The summed E-state index contributed by atoms with van der Waals surface area (Å²) in [5.41, 5.74) is 0. The van der Waals surface area contributed by atoms with Crippen LogP contribution >= 0.6 is 0 Å². The van der Waals surface area contributed by atoms with Gasteiger partial charge in [-0.25, -0.2) is 0 Å². The number of esters is 1. The van der Waals surface area contributed by atoms with Crippen LogP contribution in [-0.4, -0.2) is 35.0 Å². The average molecular weight is 160 g/mol. The summed E-state index contributed by atoms with van der Waals surface area (Å²) < 4.78 is 4.79. The zero-order chi connectivity index (χ0) is 8.27. The summed E-state index contributed by atoms with van der Waals surface area (Å²) in [4.78, 5) is 10.7. The number of carbonyl (C=O) groups excluding carboxylic acids is 1. The number of cyclic esters (lactones) is 1. The predicted octanol–water partition coefficient (Wildman–Crippen LogP) is -0.565. The Morgan fingerprint density at radius 3 is 3.00 bits per heavy atom. The Labute approximate surface area is 64.8 Å². The van der Waals surface area contributed by atoms with Crippen LogP contribution in [0.4, 0.5) is 0 Å². The molecule has 0 radical (unpaired) electrons. The highest BCUT2D eigenvalue weighted by Crippen LogP contribution is 2.16. The molecule has 0 aromatic carbocycles. The molecule has 1 fully saturated rings. The third-order valence-electron chi connectivity index (χ3n) is 1.77. The Kier molecular flexibility index (Phi) is 2.84. The molecule has 0 unspecified atom stereocenters. The van der Waals surface area contributed by atoms with Crippen molar-refractivity contribution < 1.29 is 19.7 Å². The van der Waals surface area contributed by atoms with Crippen LogP contribution in [0.15, 0.2) is 0 Å². The monoisotopic (exact) mass is 160 g/mol. The molecular formula is C7H12O4. The Balaban J connectivity index is 2.39. The Morgan fingerprint density at radius 1 is 1.73 bits per heavy atom. The molecule has 1 saturated heterocycles. The summed E-state index contributed by atoms with van der Waals surface area (Å²) in [6, 6.07) is 0. The van der Waals surface area contributed by atoms with Crippen LogP contribution in [0.1, 0.15) is 19.3 Å². The maximum absolute atomic E-state index is 10.7. The lowest BCUT2D eigenvalue weighted by molar-refractivity contribution is -0.162. The van der Waals surface area contributed by atoms with Crippen LogP contribution in [-0.2, 0) is 9.53 Å². The molecule has 0 amide bonds. The molecule has 2 atom stereocenters. The molecule has 0 aromatic rings. The fraction of sp³-hybridized carbons (Fsp3) is 0.857. The van der Waals surface area contributed by atoms with Gasteiger partial charge in [-0.1, -0.05) is 0 Å². The van der Waals surface area contributed by atoms with Gasteiger partial charge in [0.25, 0.3) is 0 Å². The zero-order valence-corrected chi connectivity index (χ0v) is 6.19. The van der Waals surface area contributed by atoms with E-state index in [4.69, 9.17) is 14.9 Å². The topological polar surface area (TPSA) is 66.8 Å². The quantitative estimate of drug-likeness (QED) is 0.531. The van der Waals surface area contributed by atoms with Gasteiger partial charge in [0.15, 0.2) is 0 Å². The summed E-state index contributed by atoms with van der Waals surface area (Å²) in [6.07, 6.45) is 0.392. The third-order valence-corrected chi connectivity index (χ3v) is 1.77. The van der Waals surface area contributed by atoms with Crippen molar-refractivity contribution in [3.63, 3.8) is 0 Å². The molecule has 1 rings (SSSR count). The van der Waals surface area contributed by atoms with Crippen molar-refractivity contribution >= 4 is 5.97 Å². The van der Waals surface area contributed by atoms with E-state index < -0.39 is 12.2 Å². The van der Waals surface area contributed by atoms with Gasteiger partial charge >= 0.3 is 5.97 Å². The highest BCUT2D eigenvalue weighted by atomic mass is 16.6. The lowest BCUT2D eigenvalue weighted by Gasteiger charge is -2.25. The first kappa shape index (κ1) is 8.49. The van der Waals surface area contributed by atoms with Crippen molar-refractivity contribution in [2.45, 2.75) is 31.5 Å². The smallest absolute Gasteiger partial charge is 0.306 e. The lowest BCUT2D eigenvalue weighted by atomic mass is 10.0. The second kappa shape index (κ2) is 3.69. The van der Waals surface area contributed by atoms with Gasteiger partial charge in [-0.15, -0.1) is 0 Å². The third kappa shape index (κ3) is 2.17. The van der Waals surface area contributed by atoms with E-state index >= 15 is 0 Å². The number of carbonyl (C=O) groups is 1. The average Bonchev–Trinajstić information content (AvgIpc) is 2.03. The second-order valence-corrected chi connectivity index (χ2v) is 2.67. The van der Waals surface area contributed by atoms with Gasteiger partial charge in [-0.2, -0.15) is 0 Å². The molecule has 11 heavy (non-hydrogen) atoms. The number of ether oxygens (including phenoxy) is 1. The highest BCUT2D eigenvalue weighted by Gasteiger charge is 2.26. The number of hydrogen-bond donors (Lipinski definition) is 2. The number of hydrogen-bond acceptors (Lipinski definition) is 4. The first-order chi connectivity index (χ1) is 5.24. The predicted molar refractivity (Wildman–Crippen MR) is 36.8 cm³/mol. The molecule has 1 aliphatic heterocycles. The molecule has 1 aliphatic rings. The van der Waals surface area contributed by atoms with E-state index in [-0.39, 0.29) is 12.6 Å². The number of aliphatic hydroxyl groups is 2. The van der Waals surface area contributed by atoms with Crippen molar-refractivity contribution in [1.82, 2.24) is 0 Å². The van der Waals surface area contributed by atoms with E-state index in [9.17, 15) is 4.79 Å². The van der Waals surface area contributed by atoms with Crippen molar-refractivity contribution in [1.29, 1.82) is 0 Å². The fourth-order valence-corrected chi connectivity index (χ4v) is 1.12. The van der Waals surface area contributed by atoms with E-state index in [1.165, 1.54) is 0 Å². The minimum Gasteiger partial charge on any atom is -0.460 e. The first-order valence-electron chi connectivity index (χ1n) is 3.72. The van der Waals surface area contributed by atoms with E-state index in [2.05, 4.69) is 0 Å². The molecule has 4 heteroatoms. The van der Waals surface area contributed by atoms with Gasteiger partial charge in [-0.05, 0) is 12.8 Å². The maximum Gasteiger partial charge on any atom is 0.306 e. The minimum atomic E-state index is -0.917. The summed E-state index contributed by atoms with van der Waals surface area (Å²) in [5.74, 6) is -0.284. The van der Waals surface area contributed by atoms with Gasteiger partial charge < -0.3 is 14.9 Å². The summed E-state index contributed by atoms with van der Waals surface area (Å²) >= 11 is 0. The van der Waals surface area contributed by atoms with Gasteiger partial charge in [0.1, 0.15) is 12.2 Å². The van der Waals surface area contributed by atoms with Gasteiger partial charge in [-0.3, -0.25) is 4.79 Å². The lowest BCUT2D eigenvalue weighted by Crippen LogP contribution is -2.36. The Hall–Kier alpha value is -0.610. The Bertz CT molecular complexity index is 145. The maximum atomic E-state index is 10.7. The summed E-state index contributed by atoms with van der Waals surface area (Å²) in [6.45, 7) is -0.349. The molecule has 2 N–H and O–H groups in total. The van der Waals surface area contributed by atoms with Crippen LogP contribution < -0.4 is 0 Å². The Morgan fingerprint density at radius 2 is 2.45 bits per heavy atom. The molecule has 0 spiro atoms. The van der Waals surface area contributed by atoms with Crippen LogP contribution in [0, 0.1) is 0 Å². The van der Waals surface area contributed by atoms with Crippen molar-refractivity contribution in [3.05, 3.63) is 0 Å². The highest BCUT2D eigenvalue weighted by molar-refractivity contribution is 5.70. The number of aliphatic hydroxyl groups excluding tert-OH is 2. The molecule has 0 aliphatic carbocycles. The van der Waals surface area contributed by atoms with Gasteiger partial charge in [0.05, 0.1) is 6.61 Å². The SMILES string of the molecule is O=C1CCC[C@@H]([C@H](O)CO)O1. The van der Waals surface area contributed by atoms with Crippen LogP contribution in [0.3, 0.4) is 0 Å². The fourth-order valence-electron chi connectivity index (χ4n) is 1.12.